The van der Waals surface area contributed by atoms with Crippen LogP contribution in [-0.4, -0.2) is 41.7 Å². The van der Waals surface area contributed by atoms with E-state index in [-0.39, 0.29) is 11.4 Å². The van der Waals surface area contributed by atoms with Gasteiger partial charge < -0.3 is 19.8 Å². The number of methoxy groups -OCH3 is 1. The second-order valence-corrected chi connectivity index (χ2v) is 8.84. The minimum Gasteiger partial charge on any atom is -0.491 e. The number of amides is 1. The maximum absolute atomic E-state index is 12.9. The van der Waals surface area contributed by atoms with Gasteiger partial charge in [0.15, 0.2) is 0 Å². The molecule has 2 N–H and O–H groups in total. The number of aromatic amines is 1. The van der Waals surface area contributed by atoms with Crippen LogP contribution >= 0.6 is 0 Å². The Morgan fingerprint density at radius 1 is 1.16 bits per heavy atom. The van der Waals surface area contributed by atoms with Gasteiger partial charge in [0.2, 0.25) is 0 Å². The summed E-state index contributed by atoms with van der Waals surface area (Å²) in [4.78, 5) is 21.2. The quantitative estimate of drug-likeness (QED) is 0.623. The molecule has 0 radical (unpaired) electrons. The van der Waals surface area contributed by atoms with Crippen molar-refractivity contribution in [2.24, 2.45) is 0 Å². The molecular formula is C25H25N3O3. The molecule has 1 spiro atoms. The van der Waals surface area contributed by atoms with E-state index >= 15 is 0 Å². The third-order valence-electron chi connectivity index (χ3n) is 6.74. The van der Waals surface area contributed by atoms with Crippen molar-refractivity contribution in [2.45, 2.75) is 37.6 Å². The number of benzene rings is 1. The number of hydrogen-bond acceptors (Lipinski definition) is 4. The zero-order valence-corrected chi connectivity index (χ0v) is 17.6. The highest BCUT2D eigenvalue weighted by molar-refractivity contribution is 6.01. The summed E-state index contributed by atoms with van der Waals surface area (Å²) >= 11 is 0. The van der Waals surface area contributed by atoms with Gasteiger partial charge in [-0.05, 0) is 55.0 Å². The van der Waals surface area contributed by atoms with Gasteiger partial charge in [-0.15, -0.1) is 0 Å². The van der Waals surface area contributed by atoms with Gasteiger partial charge in [0.05, 0.1) is 23.6 Å². The van der Waals surface area contributed by atoms with Crippen LogP contribution in [-0.2, 0) is 24.0 Å². The minimum absolute atomic E-state index is 0.00696. The topological polar surface area (TPSA) is 76.2 Å². The van der Waals surface area contributed by atoms with E-state index in [4.69, 9.17) is 14.5 Å². The van der Waals surface area contributed by atoms with E-state index in [0.29, 0.717) is 13.2 Å². The number of carbonyl (C=O) groups is 1. The standard InChI is InChI=1S/C25H25N3O3/c1-30-9-10-31-17-4-2-3-15(11-17)20-12-19-16(14-26-20)5-6-18-22-21(27-23(18)19)13-25(7-8-25)28-24(22)29/h2-4,11-12,14,27H,5-10,13H2,1H3,(H,28,29). The number of aromatic nitrogens is 2. The minimum atomic E-state index is 0.00696. The van der Waals surface area contributed by atoms with Gasteiger partial charge in [-0.1, -0.05) is 12.1 Å². The van der Waals surface area contributed by atoms with Crippen molar-refractivity contribution in [3.63, 3.8) is 0 Å². The van der Waals surface area contributed by atoms with E-state index in [9.17, 15) is 4.79 Å². The number of nitrogens with zero attached hydrogens (tertiary/aromatic N) is 1. The van der Waals surface area contributed by atoms with E-state index < -0.39 is 0 Å². The molecule has 6 rings (SSSR count). The summed E-state index contributed by atoms with van der Waals surface area (Å²) in [6.45, 7) is 1.06. The fourth-order valence-electron chi connectivity index (χ4n) is 4.94. The van der Waals surface area contributed by atoms with E-state index in [1.165, 1.54) is 5.56 Å². The molecule has 0 bridgehead atoms. The molecule has 1 amide bonds. The number of ether oxygens (including phenoxy) is 2. The Balaban J connectivity index is 1.37. The molecule has 1 aromatic carbocycles. The fourth-order valence-corrected chi connectivity index (χ4v) is 4.94. The van der Waals surface area contributed by atoms with Crippen molar-refractivity contribution in [1.82, 2.24) is 15.3 Å². The summed E-state index contributed by atoms with van der Waals surface area (Å²) in [6.07, 6.45) is 6.82. The lowest BCUT2D eigenvalue weighted by Crippen LogP contribution is -2.43. The average Bonchev–Trinajstić information content (AvgIpc) is 3.40. The number of H-pyrrole nitrogens is 1. The van der Waals surface area contributed by atoms with Gasteiger partial charge in [0.1, 0.15) is 12.4 Å². The molecule has 31 heavy (non-hydrogen) atoms. The van der Waals surface area contributed by atoms with Gasteiger partial charge in [0, 0.05) is 42.1 Å². The monoisotopic (exact) mass is 415 g/mol. The maximum atomic E-state index is 12.9. The summed E-state index contributed by atoms with van der Waals surface area (Å²) in [6, 6.07) is 10.1. The van der Waals surface area contributed by atoms with Crippen LogP contribution in [0, 0.1) is 0 Å². The van der Waals surface area contributed by atoms with Crippen LogP contribution in [0.3, 0.4) is 0 Å². The lowest BCUT2D eigenvalue weighted by molar-refractivity contribution is 0.0917. The van der Waals surface area contributed by atoms with Gasteiger partial charge in [-0.3, -0.25) is 9.78 Å². The van der Waals surface area contributed by atoms with E-state index in [2.05, 4.69) is 16.4 Å². The van der Waals surface area contributed by atoms with Crippen molar-refractivity contribution in [1.29, 1.82) is 0 Å². The van der Waals surface area contributed by atoms with Gasteiger partial charge in [-0.25, -0.2) is 0 Å². The first-order chi connectivity index (χ1) is 15.2. The first-order valence-electron chi connectivity index (χ1n) is 10.9. The normalized spacial score (nSPS) is 17.5. The molecule has 1 fully saturated rings. The number of rotatable bonds is 5. The molecule has 1 saturated carbocycles. The van der Waals surface area contributed by atoms with Crippen LogP contribution in [0.25, 0.3) is 22.5 Å². The molecule has 3 heterocycles. The predicted octanol–water partition coefficient (Wildman–Crippen LogP) is 3.69. The third kappa shape index (κ3) is 3.13. The Labute approximate surface area is 181 Å². The maximum Gasteiger partial charge on any atom is 0.253 e. The van der Waals surface area contributed by atoms with Crippen LogP contribution in [0.2, 0.25) is 0 Å². The lowest BCUT2D eigenvalue weighted by atomic mass is 9.87. The second-order valence-electron chi connectivity index (χ2n) is 8.84. The second kappa shape index (κ2) is 6.95. The molecule has 2 aliphatic carbocycles. The molecule has 0 saturated heterocycles. The van der Waals surface area contributed by atoms with Gasteiger partial charge >= 0.3 is 0 Å². The van der Waals surface area contributed by atoms with Crippen molar-refractivity contribution in [2.75, 3.05) is 20.3 Å². The van der Waals surface area contributed by atoms with Crippen LogP contribution in [0.1, 0.15) is 40.0 Å². The number of aryl methyl sites for hydroxylation is 1. The molecule has 2 aromatic heterocycles. The molecule has 6 nitrogen and oxygen atoms in total. The molecule has 3 aliphatic rings. The Hall–Kier alpha value is -3.12. The van der Waals surface area contributed by atoms with Gasteiger partial charge in [-0.2, -0.15) is 0 Å². The molecule has 158 valence electrons. The van der Waals surface area contributed by atoms with Crippen molar-refractivity contribution in [3.8, 4) is 28.3 Å². The van der Waals surface area contributed by atoms with E-state index in [0.717, 1.165) is 77.2 Å². The van der Waals surface area contributed by atoms with Crippen molar-refractivity contribution < 1.29 is 14.3 Å². The number of nitrogens with one attached hydrogen (secondary N) is 2. The highest BCUT2D eigenvalue weighted by Crippen LogP contribution is 2.45. The highest BCUT2D eigenvalue weighted by Gasteiger charge is 2.49. The molecule has 6 heteroatoms. The van der Waals surface area contributed by atoms with E-state index in [1.54, 1.807) is 7.11 Å². The first kappa shape index (κ1) is 18.6. The SMILES string of the molecule is COCCOc1cccc(-c2cc3c(cn2)CCc2c-3[nH]c3c2C(=O)NC2(CC2)C3)c1. The summed E-state index contributed by atoms with van der Waals surface area (Å²) < 4.78 is 10.8. The van der Waals surface area contributed by atoms with Crippen LogP contribution in [0.4, 0.5) is 0 Å². The Morgan fingerprint density at radius 2 is 2.06 bits per heavy atom. The Bertz CT molecular complexity index is 1190. The number of pyridine rings is 1. The summed E-state index contributed by atoms with van der Waals surface area (Å²) in [5.74, 6) is 0.895. The molecule has 0 unspecified atom stereocenters. The summed E-state index contributed by atoms with van der Waals surface area (Å²) in [7, 11) is 1.66. The van der Waals surface area contributed by atoms with Crippen molar-refractivity contribution in [3.05, 3.63) is 58.9 Å². The van der Waals surface area contributed by atoms with Crippen molar-refractivity contribution >= 4 is 5.91 Å². The molecule has 1 aliphatic heterocycles. The van der Waals surface area contributed by atoms with Crippen LogP contribution in [0.5, 0.6) is 5.75 Å². The Morgan fingerprint density at radius 3 is 2.90 bits per heavy atom. The van der Waals surface area contributed by atoms with Gasteiger partial charge in [0.25, 0.3) is 5.91 Å². The third-order valence-corrected chi connectivity index (χ3v) is 6.74. The van der Waals surface area contributed by atoms with Crippen LogP contribution in [0.15, 0.2) is 36.5 Å². The molecular weight excluding hydrogens is 390 g/mol. The summed E-state index contributed by atoms with van der Waals surface area (Å²) in [5.41, 5.74) is 8.53. The zero-order chi connectivity index (χ0) is 21.0. The number of carbonyl (C=O) groups excluding carboxylic acids is 1. The van der Waals surface area contributed by atoms with Crippen LogP contribution < -0.4 is 10.1 Å². The number of hydrogen-bond donors (Lipinski definition) is 2. The molecule has 3 aromatic rings. The predicted molar refractivity (Wildman–Crippen MR) is 117 cm³/mol. The fraction of sp³-hybridized carbons (Fsp3) is 0.360. The lowest BCUT2D eigenvalue weighted by Gasteiger charge is -2.24. The zero-order valence-electron chi connectivity index (χ0n) is 17.6. The Kier molecular flexibility index (Phi) is 4.18. The van der Waals surface area contributed by atoms with E-state index in [1.807, 2.05) is 30.5 Å². The largest absolute Gasteiger partial charge is 0.491 e. The summed E-state index contributed by atoms with van der Waals surface area (Å²) in [5, 5.41) is 3.25. The number of fused-ring (bicyclic) bond motifs is 5. The highest BCUT2D eigenvalue weighted by atomic mass is 16.5. The average molecular weight is 415 g/mol. The molecule has 0 atom stereocenters. The smallest absolute Gasteiger partial charge is 0.253 e. The first-order valence-corrected chi connectivity index (χ1v) is 10.9.